The second-order valence-electron chi connectivity index (χ2n) is 12.3. The summed E-state index contributed by atoms with van der Waals surface area (Å²) in [7, 11) is 3.79. The number of amides is 1. The normalized spacial score (nSPS) is 16.1. The topological polar surface area (TPSA) is 107 Å². The molecule has 2 aromatic carbocycles. The fraction of sp³-hybridized carbons (Fsp3) is 0.432. The van der Waals surface area contributed by atoms with Gasteiger partial charge in [-0.3, -0.25) is 9.48 Å². The Hall–Kier alpha value is -4.95. The largest absolute Gasteiger partial charge is 0.467 e. The van der Waals surface area contributed by atoms with Crippen LogP contribution in [0.2, 0.25) is 0 Å². The van der Waals surface area contributed by atoms with Crippen molar-refractivity contribution in [1.82, 2.24) is 29.5 Å². The molecule has 2 aromatic heterocycles. The Kier molecular flexibility index (Phi) is 12.0. The number of benzene rings is 2. The van der Waals surface area contributed by atoms with Crippen molar-refractivity contribution in [2.45, 2.75) is 46.2 Å². The van der Waals surface area contributed by atoms with E-state index in [-0.39, 0.29) is 5.91 Å². The molecule has 4 aromatic rings. The lowest BCUT2D eigenvalue weighted by Crippen LogP contribution is -2.49. The van der Waals surface area contributed by atoms with Gasteiger partial charge in [-0.05, 0) is 69.4 Å². The summed E-state index contributed by atoms with van der Waals surface area (Å²) in [5, 5.41) is 14.0. The van der Waals surface area contributed by atoms with Gasteiger partial charge >= 0.3 is 6.01 Å². The monoisotopic (exact) mass is 649 g/mol. The number of likely N-dealkylation sites (tertiary alicyclic amines) is 1. The Morgan fingerprint density at radius 1 is 0.979 bits per heavy atom. The number of aryl methyl sites for hydroxylation is 1. The summed E-state index contributed by atoms with van der Waals surface area (Å²) in [5.74, 6) is 0.969. The second kappa shape index (κ2) is 16.7. The third kappa shape index (κ3) is 8.49. The van der Waals surface area contributed by atoms with Gasteiger partial charge in [0.2, 0.25) is 5.91 Å². The van der Waals surface area contributed by atoms with E-state index in [0.29, 0.717) is 32.2 Å². The third-order valence-electron chi connectivity index (χ3n) is 8.97. The first-order chi connectivity index (χ1) is 23.4. The molecule has 0 unspecified atom stereocenters. The molecule has 0 aliphatic carbocycles. The highest BCUT2D eigenvalue weighted by Gasteiger charge is 2.29. The maximum absolute atomic E-state index is 12.7. The molecular formula is C37H47N9O2. The zero-order chi connectivity index (χ0) is 33.9. The molecular weight excluding hydrogens is 602 g/mol. The molecule has 0 saturated carbocycles. The van der Waals surface area contributed by atoms with Crippen LogP contribution in [0.5, 0.6) is 6.01 Å². The lowest BCUT2D eigenvalue weighted by Gasteiger charge is -2.38. The number of aromatic nitrogens is 4. The highest BCUT2D eigenvalue weighted by Crippen LogP contribution is 2.35. The first kappa shape index (κ1) is 34.4. The number of piperazine rings is 1. The standard InChI is InChI=1S/C30H33N7O2.C5H11N.C2H3N/c1-22-7-3-8-23-9-4-10-26(28(22)23)36-16-12-24-25(21-36)32-30(39-2)33-29(24)35-19-17-34(18-20-35)27(38)11-5-14-37-15-6-13-31-37;1-6-4-2-3-5-6;1-2-3/h3-11,13,15H,12,14,16-21H2,1-2H3;2-5H2,1H3;1H3/b11-5+;;. The van der Waals surface area contributed by atoms with Crippen molar-refractivity contribution < 1.29 is 9.53 Å². The summed E-state index contributed by atoms with van der Waals surface area (Å²) in [6.45, 7) is 11.2. The van der Waals surface area contributed by atoms with Crippen molar-refractivity contribution in [3.8, 4) is 12.1 Å². The van der Waals surface area contributed by atoms with Gasteiger partial charge in [0.15, 0.2) is 0 Å². The average Bonchev–Trinajstić information content (AvgIpc) is 3.82. The molecule has 7 rings (SSSR count). The van der Waals surface area contributed by atoms with Gasteiger partial charge in [0.25, 0.3) is 0 Å². The maximum Gasteiger partial charge on any atom is 0.318 e. The number of anilines is 2. The quantitative estimate of drug-likeness (QED) is 0.271. The van der Waals surface area contributed by atoms with Crippen LogP contribution in [-0.2, 0) is 24.3 Å². The smallest absolute Gasteiger partial charge is 0.318 e. The molecule has 11 heteroatoms. The summed E-state index contributed by atoms with van der Waals surface area (Å²) in [6, 6.07) is 17.0. The van der Waals surface area contributed by atoms with Crippen LogP contribution in [0.1, 0.15) is 36.6 Å². The zero-order valence-corrected chi connectivity index (χ0v) is 28.7. The second-order valence-corrected chi connectivity index (χ2v) is 12.3. The molecule has 0 bridgehead atoms. The molecule has 11 nitrogen and oxygen atoms in total. The third-order valence-corrected chi connectivity index (χ3v) is 8.97. The molecule has 0 N–H and O–H groups in total. The highest BCUT2D eigenvalue weighted by atomic mass is 16.5. The first-order valence-corrected chi connectivity index (χ1v) is 16.8. The summed E-state index contributed by atoms with van der Waals surface area (Å²) in [4.78, 5) is 31.2. The molecule has 3 aliphatic rings. The minimum absolute atomic E-state index is 0.0325. The summed E-state index contributed by atoms with van der Waals surface area (Å²) in [5.41, 5.74) is 4.71. The van der Waals surface area contributed by atoms with Gasteiger partial charge in [-0.15, -0.1) is 0 Å². The zero-order valence-electron chi connectivity index (χ0n) is 28.7. The van der Waals surface area contributed by atoms with Gasteiger partial charge in [0.1, 0.15) is 5.82 Å². The average molecular weight is 650 g/mol. The first-order valence-electron chi connectivity index (χ1n) is 16.8. The molecule has 3 aliphatic heterocycles. The van der Waals surface area contributed by atoms with E-state index in [0.717, 1.165) is 37.6 Å². The number of nitrogens with zero attached hydrogens (tertiary/aromatic N) is 9. The van der Waals surface area contributed by atoms with Crippen molar-refractivity contribution in [2.24, 2.45) is 0 Å². The van der Waals surface area contributed by atoms with E-state index in [9.17, 15) is 4.79 Å². The predicted octanol–water partition coefficient (Wildman–Crippen LogP) is 4.85. The molecule has 0 atom stereocenters. The van der Waals surface area contributed by atoms with Crippen molar-refractivity contribution >= 4 is 28.2 Å². The van der Waals surface area contributed by atoms with Crippen molar-refractivity contribution in [2.75, 3.05) is 69.8 Å². The van der Waals surface area contributed by atoms with Crippen LogP contribution in [0.15, 0.2) is 67.0 Å². The van der Waals surface area contributed by atoms with E-state index in [1.165, 1.54) is 60.4 Å². The van der Waals surface area contributed by atoms with E-state index < -0.39 is 0 Å². The van der Waals surface area contributed by atoms with Crippen molar-refractivity contribution in [3.63, 3.8) is 0 Å². The van der Waals surface area contributed by atoms with Gasteiger partial charge < -0.3 is 24.3 Å². The predicted molar refractivity (Wildman–Crippen MR) is 190 cm³/mol. The highest BCUT2D eigenvalue weighted by molar-refractivity contribution is 5.97. The number of ether oxygens (including phenoxy) is 1. The number of hydrogen-bond acceptors (Lipinski definition) is 9. The van der Waals surface area contributed by atoms with E-state index >= 15 is 0 Å². The number of methoxy groups -OCH3 is 1. The lowest BCUT2D eigenvalue weighted by molar-refractivity contribution is -0.126. The van der Waals surface area contributed by atoms with Crippen LogP contribution >= 0.6 is 0 Å². The molecule has 2 fully saturated rings. The van der Waals surface area contributed by atoms with Crippen LogP contribution in [0.25, 0.3) is 10.8 Å². The van der Waals surface area contributed by atoms with E-state index in [1.54, 1.807) is 30.1 Å². The van der Waals surface area contributed by atoms with Gasteiger partial charge in [-0.1, -0.05) is 36.4 Å². The number of carbonyl (C=O) groups excluding carboxylic acids is 1. The van der Waals surface area contributed by atoms with Crippen molar-refractivity contribution in [3.05, 3.63) is 83.8 Å². The van der Waals surface area contributed by atoms with E-state index in [4.69, 9.17) is 20.0 Å². The molecule has 252 valence electrons. The van der Waals surface area contributed by atoms with E-state index in [1.807, 2.05) is 23.2 Å². The fourth-order valence-electron chi connectivity index (χ4n) is 6.51. The minimum atomic E-state index is 0.0325. The number of carbonyl (C=O) groups is 1. The Balaban J connectivity index is 0.000000440. The van der Waals surface area contributed by atoms with Crippen LogP contribution < -0.4 is 14.5 Å². The minimum Gasteiger partial charge on any atom is -0.467 e. The van der Waals surface area contributed by atoms with Gasteiger partial charge in [0, 0.05) is 74.8 Å². The maximum atomic E-state index is 12.7. The van der Waals surface area contributed by atoms with Crippen LogP contribution in [0, 0.1) is 18.3 Å². The molecule has 5 heterocycles. The number of fused-ring (bicyclic) bond motifs is 2. The van der Waals surface area contributed by atoms with Gasteiger partial charge in [-0.25, -0.2) is 0 Å². The summed E-state index contributed by atoms with van der Waals surface area (Å²) >= 11 is 0. The molecule has 0 radical (unpaired) electrons. The van der Waals surface area contributed by atoms with Gasteiger partial charge in [-0.2, -0.15) is 20.3 Å². The number of nitriles is 1. The molecule has 1 amide bonds. The Morgan fingerprint density at radius 3 is 2.35 bits per heavy atom. The number of hydrogen-bond donors (Lipinski definition) is 0. The van der Waals surface area contributed by atoms with Crippen LogP contribution in [0.4, 0.5) is 11.5 Å². The fourth-order valence-corrected chi connectivity index (χ4v) is 6.51. The van der Waals surface area contributed by atoms with Crippen LogP contribution in [0.3, 0.4) is 0 Å². The molecule has 48 heavy (non-hydrogen) atoms. The SMILES string of the molecule is CC#N.CN1CCCC1.COc1nc2c(c(N3CCN(C(=O)/C=C/Cn4cccn4)CC3)n1)CCN(c1cccc3cccc(C)c13)C2. The Labute approximate surface area is 284 Å². The Bertz CT molecular complexity index is 1710. The summed E-state index contributed by atoms with van der Waals surface area (Å²) < 4.78 is 7.32. The lowest BCUT2D eigenvalue weighted by atomic mass is 9.99. The molecule has 2 saturated heterocycles. The Morgan fingerprint density at radius 2 is 1.71 bits per heavy atom. The van der Waals surface area contributed by atoms with E-state index in [2.05, 4.69) is 70.2 Å². The molecule has 0 spiro atoms. The summed E-state index contributed by atoms with van der Waals surface area (Å²) in [6.07, 6.45) is 10.8. The number of rotatable bonds is 6. The van der Waals surface area contributed by atoms with Crippen LogP contribution in [-0.4, -0.2) is 95.4 Å². The number of allylic oxidation sites excluding steroid dienone is 1. The van der Waals surface area contributed by atoms with Crippen molar-refractivity contribution in [1.29, 1.82) is 5.26 Å². The van der Waals surface area contributed by atoms with Gasteiger partial charge in [0.05, 0.1) is 32.0 Å².